The first-order valence-electron chi connectivity index (χ1n) is 8.72. The van der Waals surface area contributed by atoms with E-state index in [1.165, 1.54) is 24.7 Å². The van der Waals surface area contributed by atoms with E-state index < -0.39 is 5.97 Å². The largest absolute Gasteiger partial charge is 0.481 e. The molecule has 2 heterocycles. The summed E-state index contributed by atoms with van der Waals surface area (Å²) in [4.78, 5) is 26.2. The second kappa shape index (κ2) is 5.76. The molecule has 5 heteroatoms. The summed E-state index contributed by atoms with van der Waals surface area (Å²) in [5.41, 5.74) is 3.34. The Bertz CT molecular complexity index is 845. The molecule has 25 heavy (non-hydrogen) atoms. The molecule has 1 N–H and O–H groups in total. The molecule has 5 nitrogen and oxygen atoms in total. The monoisotopic (exact) mass is 339 g/mol. The van der Waals surface area contributed by atoms with Crippen LogP contribution in [0.15, 0.2) is 34.9 Å². The Morgan fingerprint density at radius 3 is 2.68 bits per heavy atom. The van der Waals surface area contributed by atoms with E-state index in [1.54, 1.807) is 6.92 Å². The Morgan fingerprint density at radius 1 is 1.24 bits per heavy atom. The molecule has 2 aliphatic rings. The van der Waals surface area contributed by atoms with E-state index in [4.69, 9.17) is 9.52 Å². The first-order valence-corrected chi connectivity index (χ1v) is 8.72. The topological polar surface area (TPSA) is 70.7 Å². The summed E-state index contributed by atoms with van der Waals surface area (Å²) >= 11 is 0. The Labute approximate surface area is 146 Å². The number of amides is 1. The van der Waals surface area contributed by atoms with Crippen molar-refractivity contribution in [1.82, 2.24) is 0 Å². The summed E-state index contributed by atoms with van der Waals surface area (Å²) in [5.74, 6) is -0.920. The van der Waals surface area contributed by atoms with Crippen molar-refractivity contribution < 1.29 is 19.1 Å². The lowest BCUT2D eigenvalue weighted by Gasteiger charge is -2.24. The smallest absolute Gasteiger partial charge is 0.311 e. The molecule has 0 radical (unpaired) electrons. The molecule has 0 unspecified atom stereocenters. The third-order valence-electron chi connectivity index (χ3n) is 5.61. The molecule has 2 aromatic rings. The number of para-hydroxylation sites is 1. The average Bonchev–Trinajstić information content (AvgIpc) is 3.28. The fourth-order valence-electron chi connectivity index (χ4n) is 4.48. The van der Waals surface area contributed by atoms with E-state index >= 15 is 0 Å². The summed E-state index contributed by atoms with van der Waals surface area (Å²) in [5, 5.41) is 9.09. The van der Waals surface area contributed by atoms with Gasteiger partial charge in [0.2, 0.25) is 0 Å². The van der Waals surface area contributed by atoms with Crippen molar-refractivity contribution in [2.75, 3.05) is 11.4 Å². The molecule has 4 rings (SSSR count). The fraction of sp³-hybridized carbons (Fsp3) is 0.400. The Kier molecular flexibility index (Phi) is 3.67. The van der Waals surface area contributed by atoms with Gasteiger partial charge in [0, 0.05) is 23.2 Å². The maximum atomic E-state index is 13.3. The third-order valence-corrected chi connectivity index (χ3v) is 5.61. The van der Waals surface area contributed by atoms with Crippen LogP contribution in [0.1, 0.15) is 52.9 Å². The van der Waals surface area contributed by atoms with Crippen LogP contribution in [0.5, 0.6) is 0 Å². The van der Waals surface area contributed by atoms with Crippen molar-refractivity contribution in [3.8, 4) is 0 Å². The lowest BCUT2D eigenvalue weighted by atomic mass is 9.81. The van der Waals surface area contributed by atoms with Gasteiger partial charge in [0.1, 0.15) is 12.2 Å². The number of rotatable bonds is 3. The zero-order valence-corrected chi connectivity index (χ0v) is 14.2. The quantitative estimate of drug-likeness (QED) is 0.926. The van der Waals surface area contributed by atoms with E-state index in [-0.39, 0.29) is 23.5 Å². The highest BCUT2D eigenvalue weighted by Gasteiger charge is 2.46. The lowest BCUT2D eigenvalue weighted by molar-refractivity contribution is -0.136. The maximum Gasteiger partial charge on any atom is 0.311 e. The van der Waals surface area contributed by atoms with Crippen molar-refractivity contribution >= 4 is 17.6 Å². The van der Waals surface area contributed by atoms with Gasteiger partial charge in [-0.15, -0.1) is 0 Å². The van der Waals surface area contributed by atoms with Gasteiger partial charge in [-0.2, -0.15) is 0 Å². The third kappa shape index (κ3) is 2.46. The minimum atomic E-state index is -1.00. The van der Waals surface area contributed by atoms with Crippen molar-refractivity contribution in [2.24, 2.45) is 0 Å². The Balaban J connectivity index is 1.75. The summed E-state index contributed by atoms with van der Waals surface area (Å²) in [6, 6.07) is 8.11. The molecule has 1 saturated carbocycles. The van der Waals surface area contributed by atoms with Gasteiger partial charge in [-0.25, -0.2) is 0 Å². The van der Waals surface area contributed by atoms with Crippen molar-refractivity contribution in [3.05, 3.63) is 53.0 Å². The number of carbonyl (C=O) groups excluding carboxylic acids is 1. The van der Waals surface area contributed by atoms with Gasteiger partial charge in [0.15, 0.2) is 0 Å². The zero-order chi connectivity index (χ0) is 17.6. The molecule has 130 valence electrons. The number of aryl methyl sites for hydroxylation is 1. The molecule has 1 fully saturated rings. The molecule has 0 atom stereocenters. The molecule has 1 aliphatic heterocycles. The summed E-state index contributed by atoms with van der Waals surface area (Å²) < 4.78 is 5.36. The number of hydrogen-bond donors (Lipinski definition) is 1. The number of carbonyl (C=O) groups is 2. The Morgan fingerprint density at radius 2 is 1.96 bits per heavy atom. The maximum absolute atomic E-state index is 13.3. The number of nitrogens with zero attached hydrogens (tertiary/aromatic N) is 1. The van der Waals surface area contributed by atoms with Gasteiger partial charge in [-0.05, 0) is 31.4 Å². The van der Waals surface area contributed by atoms with Crippen LogP contribution in [0.4, 0.5) is 5.69 Å². The number of carboxylic acids is 1. The number of fused-ring (bicyclic) bond motifs is 2. The van der Waals surface area contributed by atoms with Crippen molar-refractivity contribution in [3.63, 3.8) is 0 Å². The number of anilines is 1. The second-order valence-corrected chi connectivity index (χ2v) is 7.18. The first kappa shape index (κ1) is 15.9. The summed E-state index contributed by atoms with van der Waals surface area (Å²) in [7, 11) is 0. The van der Waals surface area contributed by atoms with Crippen molar-refractivity contribution in [2.45, 2.75) is 44.4 Å². The molecular weight excluding hydrogens is 318 g/mol. The SMILES string of the molecule is Cc1coc(CC(=O)O)c1C(=O)N1CC2(CCCC2)c2ccccc21. The van der Waals surface area contributed by atoms with Gasteiger partial charge >= 0.3 is 5.97 Å². The molecule has 0 bridgehead atoms. The van der Waals surface area contributed by atoms with Crippen LogP contribution in [-0.4, -0.2) is 23.5 Å². The van der Waals surface area contributed by atoms with Crippen molar-refractivity contribution in [1.29, 1.82) is 0 Å². The molecule has 1 aromatic heterocycles. The number of carboxylic acid groups (broad SMARTS) is 1. The highest BCUT2D eigenvalue weighted by Crippen LogP contribution is 2.50. The normalized spacial score (nSPS) is 17.9. The van der Waals surface area contributed by atoms with Gasteiger partial charge in [-0.3, -0.25) is 9.59 Å². The van der Waals surface area contributed by atoms with Crippen LogP contribution in [0.2, 0.25) is 0 Å². The van der Waals surface area contributed by atoms with E-state index in [0.717, 1.165) is 18.5 Å². The van der Waals surface area contributed by atoms with Crippen LogP contribution >= 0.6 is 0 Å². The number of furan rings is 1. The van der Waals surface area contributed by atoms with E-state index in [1.807, 2.05) is 23.1 Å². The first-order chi connectivity index (χ1) is 12.0. The van der Waals surface area contributed by atoms with Crippen LogP contribution in [0.3, 0.4) is 0 Å². The summed E-state index contributed by atoms with van der Waals surface area (Å²) in [6.07, 6.45) is 5.76. The van der Waals surface area contributed by atoms with E-state index in [9.17, 15) is 9.59 Å². The lowest BCUT2D eigenvalue weighted by Crippen LogP contribution is -2.36. The van der Waals surface area contributed by atoms with Crippen LogP contribution in [-0.2, 0) is 16.6 Å². The average molecular weight is 339 g/mol. The predicted octanol–water partition coefficient (Wildman–Crippen LogP) is 3.69. The molecule has 1 spiro atoms. The highest BCUT2D eigenvalue weighted by molar-refractivity contribution is 6.09. The number of aliphatic carboxylic acids is 1. The van der Waals surface area contributed by atoms with E-state index in [2.05, 4.69) is 6.07 Å². The fourth-order valence-corrected chi connectivity index (χ4v) is 4.48. The van der Waals surface area contributed by atoms with Crippen LogP contribution in [0, 0.1) is 6.92 Å². The van der Waals surface area contributed by atoms with Crippen LogP contribution in [0.25, 0.3) is 0 Å². The standard InChI is InChI=1S/C20H21NO4/c1-13-11-25-16(10-17(22)23)18(13)19(24)21-12-20(8-4-5-9-20)14-6-2-3-7-15(14)21/h2-3,6-7,11H,4-5,8-10,12H2,1H3,(H,22,23). The molecule has 1 amide bonds. The zero-order valence-electron chi connectivity index (χ0n) is 14.2. The molecule has 0 saturated heterocycles. The van der Waals surface area contributed by atoms with Gasteiger partial charge in [0.25, 0.3) is 5.91 Å². The minimum absolute atomic E-state index is 0.0524. The van der Waals surface area contributed by atoms with Crippen LogP contribution < -0.4 is 4.90 Å². The Hall–Kier alpha value is -2.56. The highest BCUT2D eigenvalue weighted by atomic mass is 16.4. The van der Waals surface area contributed by atoms with E-state index in [0.29, 0.717) is 17.7 Å². The summed E-state index contributed by atoms with van der Waals surface area (Å²) in [6.45, 7) is 2.46. The molecule has 1 aliphatic carbocycles. The predicted molar refractivity (Wildman–Crippen MR) is 93.0 cm³/mol. The second-order valence-electron chi connectivity index (χ2n) is 7.18. The molecule has 1 aromatic carbocycles. The van der Waals surface area contributed by atoms with Gasteiger partial charge in [0.05, 0.1) is 11.8 Å². The number of hydrogen-bond acceptors (Lipinski definition) is 3. The van der Waals surface area contributed by atoms with Gasteiger partial charge in [-0.1, -0.05) is 31.0 Å². The minimum Gasteiger partial charge on any atom is -0.481 e. The van der Waals surface area contributed by atoms with Gasteiger partial charge < -0.3 is 14.4 Å². The number of benzene rings is 1. The molecular formula is C20H21NO4.